The average Bonchev–Trinajstić information content (AvgIpc) is 3.18. The Morgan fingerprint density at radius 3 is 2.04 bits per heavy atom. The molecule has 0 unspecified atom stereocenters. The molecule has 140 valence electrons. The summed E-state index contributed by atoms with van der Waals surface area (Å²) in [7, 11) is 0. The number of hydrogen-bond donors (Lipinski definition) is 0. The zero-order chi connectivity index (χ0) is 19.2. The Hall–Kier alpha value is -2.63. The van der Waals surface area contributed by atoms with E-state index in [1.807, 2.05) is 60.0 Å². The van der Waals surface area contributed by atoms with Crippen molar-refractivity contribution in [2.75, 3.05) is 0 Å². The minimum absolute atomic E-state index is 0.503. The first-order chi connectivity index (χ1) is 13.8. The predicted molar refractivity (Wildman–Crippen MR) is 117 cm³/mol. The fraction of sp³-hybridized carbons (Fsp3) is 0.0870. The first-order valence-corrected chi connectivity index (χ1v) is 10.5. The summed E-state index contributed by atoms with van der Waals surface area (Å²) < 4.78 is 12.9. The molecule has 5 heteroatoms. The lowest BCUT2D eigenvalue weighted by Crippen LogP contribution is -1.99. The number of rotatable bonds is 7. The van der Waals surface area contributed by atoms with Crippen LogP contribution in [0, 0.1) is 0 Å². The van der Waals surface area contributed by atoms with Gasteiger partial charge in [0.05, 0.1) is 5.69 Å². The molecule has 0 saturated carbocycles. The minimum Gasteiger partial charge on any atom is -0.489 e. The Morgan fingerprint density at radius 1 is 0.786 bits per heavy atom. The Kier molecular flexibility index (Phi) is 6.04. The van der Waals surface area contributed by atoms with Gasteiger partial charge >= 0.3 is 0 Å². The van der Waals surface area contributed by atoms with E-state index in [1.165, 1.54) is 0 Å². The van der Waals surface area contributed by atoms with Crippen LogP contribution in [0.25, 0.3) is 11.3 Å². The zero-order valence-electron chi connectivity index (χ0n) is 15.0. The molecule has 0 bridgehead atoms. The van der Waals surface area contributed by atoms with Gasteiger partial charge in [0.25, 0.3) is 0 Å². The fourth-order valence-corrected chi connectivity index (χ4v) is 3.79. The van der Waals surface area contributed by atoms with Gasteiger partial charge in [0.2, 0.25) is 0 Å². The summed E-state index contributed by atoms with van der Waals surface area (Å²) in [5, 5.41) is 2.01. The number of halogens is 1. The maximum atomic E-state index is 6.10. The molecule has 4 aromatic rings. The molecule has 0 spiro atoms. The van der Waals surface area contributed by atoms with Crippen LogP contribution in [0.2, 0.25) is 0 Å². The van der Waals surface area contributed by atoms with Crippen molar-refractivity contribution in [3.8, 4) is 22.8 Å². The van der Waals surface area contributed by atoms with Crippen molar-refractivity contribution in [3.63, 3.8) is 0 Å². The van der Waals surface area contributed by atoms with Crippen LogP contribution in [0.15, 0.2) is 88.2 Å². The highest BCUT2D eigenvalue weighted by Crippen LogP contribution is 2.35. The fourth-order valence-electron chi connectivity index (χ4n) is 2.78. The third kappa shape index (κ3) is 4.80. The average molecular weight is 452 g/mol. The maximum Gasteiger partial charge on any atom is 0.159 e. The second kappa shape index (κ2) is 9.04. The van der Waals surface area contributed by atoms with Crippen molar-refractivity contribution in [3.05, 3.63) is 99.3 Å². The van der Waals surface area contributed by atoms with Gasteiger partial charge < -0.3 is 9.47 Å². The van der Waals surface area contributed by atoms with E-state index in [0.717, 1.165) is 37.8 Å². The number of nitrogens with zero attached hydrogens (tertiary/aromatic N) is 1. The van der Waals surface area contributed by atoms with Crippen LogP contribution in [0.3, 0.4) is 0 Å². The summed E-state index contributed by atoms with van der Waals surface area (Å²) in [6, 6.07) is 26.1. The van der Waals surface area contributed by atoms with Crippen molar-refractivity contribution < 1.29 is 9.47 Å². The molecular weight excluding hydrogens is 434 g/mol. The van der Waals surface area contributed by atoms with E-state index in [9.17, 15) is 0 Å². The predicted octanol–water partition coefficient (Wildman–Crippen LogP) is 6.73. The largest absolute Gasteiger partial charge is 0.489 e. The number of thiazole rings is 1. The summed E-state index contributed by atoms with van der Waals surface area (Å²) in [5.74, 6) is 1.57. The van der Waals surface area contributed by atoms with E-state index in [2.05, 4.69) is 45.2 Å². The van der Waals surface area contributed by atoms with E-state index in [-0.39, 0.29) is 0 Å². The first-order valence-electron chi connectivity index (χ1n) is 8.87. The van der Waals surface area contributed by atoms with Gasteiger partial charge in [-0.25, -0.2) is 4.98 Å². The van der Waals surface area contributed by atoms with Crippen molar-refractivity contribution in [2.45, 2.75) is 13.2 Å². The van der Waals surface area contributed by atoms with Crippen LogP contribution in [0.1, 0.15) is 11.1 Å². The van der Waals surface area contributed by atoms with Gasteiger partial charge in [0.15, 0.2) is 3.92 Å². The molecule has 3 nitrogen and oxygen atoms in total. The SMILES string of the molecule is Brc1nc(-c2cc(OCc3ccccc3)ccc2OCc2ccccc2)cs1. The van der Waals surface area contributed by atoms with Crippen molar-refractivity contribution >= 4 is 27.3 Å². The Morgan fingerprint density at radius 2 is 1.43 bits per heavy atom. The molecule has 4 rings (SSSR count). The lowest BCUT2D eigenvalue weighted by molar-refractivity contribution is 0.298. The topological polar surface area (TPSA) is 31.4 Å². The second-order valence-corrected chi connectivity index (χ2v) is 8.33. The molecule has 0 atom stereocenters. The van der Waals surface area contributed by atoms with E-state index < -0.39 is 0 Å². The molecule has 0 N–H and O–H groups in total. The second-order valence-electron chi connectivity index (χ2n) is 6.19. The van der Waals surface area contributed by atoms with Crippen LogP contribution in [-0.4, -0.2) is 4.98 Å². The van der Waals surface area contributed by atoms with E-state index in [0.29, 0.717) is 13.2 Å². The summed E-state index contributed by atoms with van der Waals surface area (Å²) in [6.07, 6.45) is 0. The van der Waals surface area contributed by atoms with Crippen LogP contribution >= 0.6 is 27.3 Å². The molecule has 1 aromatic heterocycles. The molecule has 3 aromatic carbocycles. The minimum atomic E-state index is 0.503. The molecule has 28 heavy (non-hydrogen) atoms. The van der Waals surface area contributed by atoms with E-state index in [4.69, 9.17) is 9.47 Å². The van der Waals surface area contributed by atoms with E-state index >= 15 is 0 Å². The Labute approximate surface area is 176 Å². The molecule has 0 aliphatic heterocycles. The number of aromatic nitrogens is 1. The lowest BCUT2D eigenvalue weighted by atomic mass is 10.1. The van der Waals surface area contributed by atoms with Gasteiger partial charge in [-0.15, -0.1) is 11.3 Å². The van der Waals surface area contributed by atoms with Gasteiger partial charge in [-0.3, -0.25) is 0 Å². The first kappa shape index (κ1) is 18.7. The Bertz CT molecular complexity index is 1030. The molecule has 0 aliphatic carbocycles. The van der Waals surface area contributed by atoms with Gasteiger partial charge in [-0.05, 0) is 45.3 Å². The third-order valence-electron chi connectivity index (χ3n) is 4.19. The summed E-state index contributed by atoms with van der Waals surface area (Å²) in [6.45, 7) is 1.02. The molecule has 1 heterocycles. The van der Waals surface area contributed by atoms with E-state index in [1.54, 1.807) is 11.3 Å². The number of ether oxygens (including phenoxy) is 2. The van der Waals surface area contributed by atoms with Crippen LogP contribution < -0.4 is 9.47 Å². The van der Waals surface area contributed by atoms with Gasteiger partial charge in [0.1, 0.15) is 24.7 Å². The van der Waals surface area contributed by atoms with Gasteiger partial charge in [-0.1, -0.05) is 60.7 Å². The quantitative estimate of drug-likeness (QED) is 0.312. The molecule has 0 fully saturated rings. The van der Waals surface area contributed by atoms with Gasteiger partial charge in [-0.2, -0.15) is 0 Å². The highest BCUT2D eigenvalue weighted by molar-refractivity contribution is 9.11. The standard InChI is InChI=1S/C23H18BrNO2S/c24-23-25-21(16-28-23)20-13-19(26-14-17-7-3-1-4-8-17)11-12-22(20)27-15-18-9-5-2-6-10-18/h1-13,16H,14-15H2. The van der Waals surface area contributed by atoms with Gasteiger partial charge in [0, 0.05) is 10.9 Å². The molecule has 0 aliphatic rings. The summed E-state index contributed by atoms with van der Waals surface area (Å²) in [4.78, 5) is 4.56. The zero-order valence-corrected chi connectivity index (χ0v) is 17.4. The van der Waals surface area contributed by atoms with Crippen molar-refractivity contribution in [1.29, 1.82) is 0 Å². The monoisotopic (exact) mass is 451 g/mol. The summed E-state index contributed by atoms with van der Waals surface area (Å²) in [5.41, 5.74) is 4.04. The lowest BCUT2D eigenvalue weighted by Gasteiger charge is -2.13. The molecule has 0 saturated heterocycles. The van der Waals surface area contributed by atoms with Crippen LogP contribution in [-0.2, 0) is 13.2 Å². The number of benzene rings is 3. The smallest absolute Gasteiger partial charge is 0.159 e. The molecular formula is C23H18BrNO2S. The summed E-state index contributed by atoms with van der Waals surface area (Å²) >= 11 is 4.99. The van der Waals surface area contributed by atoms with Crippen molar-refractivity contribution in [2.24, 2.45) is 0 Å². The number of hydrogen-bond acceptors (Lipinski definition) is 4. The van der Waals surface area contributed by atoms with Crippen LogP contribution in [0.4, 0.5) is 0 Å². The highest BCUT2D eigenvalue weighted by atomic mass is 79.9. The molecule has 0 amide bonds. The third-order valence-corrected chi connectivity index (χ3v) is 5.55. The Balaban J connectivity index is 1.56. The molecule has 0 radical (unpaired) electrons. The van der Waals surface area contributed by atoms with Crippen LogP contribution in [0.5, 0.6) is 11.5 Å². The highest BCUT2D eigenvalue weighted by Gasteiger charge is 2.12. The normalized spacial score (nSPS) is 10.6. The maximum absolute atomic E-state index is 6.10. The van der Waals surface area contributed by atoms with Crippen molar-refractivity contribution in [1.82, 2.24) is 4.98 Å².